The van der Waals surface area contributed by atoms with Crippen LogP contribution >= 0.6 is 0 Å². The number of amides is 1. The number of pyridine rings is 1. The van der Waals surface area contributed by atoms with Crippen LogP contribution in [0.15, 0.2) is 48.8 Å². The van der Waals surface area contributed by atoms with Crippen LogP contribution in [-0.2, 0) is 11.3 Å². The maximum absolute atomic E-state index is 12.5. The van der Waals surface area contributed by atoms with Crippen LogP contribution in [0.4, 0.5) is 16.2 Å². The van der Waals surface area contributed by atoms with Gasteiger partial charge in [-0.15, -0.1) is 0 Å². The van der Waals surface area contributed by atoms with E-state index in [-0.39, 0.29) is 12.1 Å². The maximum atomic E-state index is 12.5. The molecule has 0 spiro atoms. The van der Waals surface area contributed by atoms with Gasteiger partial charge < -0.3 is 19.9 Å². The molecule has 1 atom stereocenters. The van der Waals surface area contributed by atoms with Crippen molar-refractivity contribution in [1.82, 2.24) is 15.2 Å². The molecule has 1 aromatic carbocycles. The number of anilines is 2. The van der Waals surface area contributed by atoms with Crippen molar-refractivity contribution in [2.24, 2.45) is 0 Å². The first-order valence-electron chi connectivity index (χ1n) is 10.8. The van der Waals surface area contributed by atoms with Gasteiger partial charge in [0, 0.05) is 56.5 Å². The molecule has 1 N–H and O–H groups in total. The van der Waals surface area contributed by atoms with E-state index in [0.717, 1.165) is 43.7 Å². The minimum absolute atomic E-state index is 0.209. The van der Waals surface area contributed by atoms with Gasteiger partial charge in [-0.2, -0.15) is 0 Å². The lowest BCUT2D eigenvalue weighted by Crippen LogP contribution is -2.44. The van der Waals surface area contributed by atoms with Crippen LogP contribution in [0.3, 0.4) is 0 Å². The van der Waals surface area contributed by atoms with E-state index < -0.39 is 5.60 Å². The summed E-state index contributed by atoms with van der Waals surface area (Å²) in [6.45, 7) is 7.98. The zero-order valence-corrected chi connectivity index (χ0v) is 18.6. The Labute approximate surface area is 180 Å². The highest BCUT2D eigenvalue weighted by molar-refractivity contribution is 5.68. The summed E-state index contributed by atoms with van der Waals surface area (Å²) in [4.78, 5) is 20.5. The predicted octanol–water partition coefficient (Wildman–Crippen LogP) is 4.73. The molecule has 1 aliphatic rings. The van der Waals surface area contributed by atoms with Gasteiger partial charge in [-0.1, -0.05) is 18.6 Å². The van der Waals surface area contributed by atoms with Crippen molar-refractivity contribution >= 4 is 17.5 Å². The first-order valence-corrected chi connectivity index (χ1v) is 10.8. The van der Waals surface area contributed by atoms with Crippen LogP contribution < -0.4 is 10.2 Å². The van der Waals surface area contributed by atoms with Crippen molar-refractivity contribution in [3.63, 3.8) is 0 Å². The normalized spacial score (nSPS) is 17.3. The fraction of sp³-hybridized carbons (Fsp3) is 0.500. The molecule has 0 unspecified atom stereocenters. The Bertz CT molecular complexity index is 802. The van der Waals surface area contributed by atoms with Crippen LogP contribution in [0, 0.1) is 0 Å². The zero-order chi connectivity index (χ0) is 21.6. The van der Waals surface area contributed by atoms with Crippen molar-refractivity contribution in [2.45, 2.75) is 58.2 Å². The van der Waals surface area contributed by atoms with Gasteiger partial charge in [-0.3, -0.25) is 4.98 Å². The van der Waals surface area contributed by atoms with E-state index >= 15 is 0 Å². The Morgan fingerprint density at radius 3 is 2.47 bits per heavy atom. The summed E-state index contributed by atoms with van der Waals surface area (Å²) >= 11 is 0. The first kappa shape index (κ1) is 22.1. The van der Waals surface area contributed by atoms with E-state index in [4.69, 9.17) is 4.74 Å². The minimum atomic E-state index is -0.461. The molecule has 0 saturated carbocycles. The van der Waals surface area contributed by atoms with E-state index in [1.54, 1.807) is 12.4 Å². The Hall–Kier alpha value is -2.60. The topological polar surface area (TPSA) is 57.7 Å². The number of benzene rings is 1. The Kier molecular flexibility index (Phi) is 7.32. The molecule has 0 bridgehead atoms. The summed E-state index contributed by atoms with van der Waals surface area (Å²) in [5.41, 5.74) is 3.01. The highest BCUT2D eigenvalue weighted by Gasteiger charge is 2.26. The molecule has 6 heteroatoms. The van der Waals surface area contributed by atoms with E-state index in [2.05, 4.69) is 46.5 Å². The summed E-state index contributed by atoms with van der Waals surface area (Å²) in [6, 6.07) is 12.9. The molecule has 30 heavy (non-hydrogen) atoms. The molecule has 6 nitrogen and oxygen atoms in total. The van der Waals surface area contributed by atoms with Crippen LogP contribution in [0.2, 0.25) is 0 Å². The van der Waals surface area contributed by atoms with Crippen molar-refractivity contribution < 1.29 is 9.53 Å². The molecule has 162 valence electrons. The van der Waals surface area contributed by atoms with Crippen LogP contribution in [0.5, 0.6) is 0 Å². The molecular formula is C24H34N4O2. The second-order valence-corrected chi connectivity index (χ2v) is 8.93. The number of carbonyl (C=O) groups is 1. The average Bonchev–Trinajstić information content (AvgIpc) is 2.97. The maximum Gasteiger partial charge on any atom is 0.410 e. The number of aromatic nitrogens is 1. The van der Waals surface area contributed by atoms with Gasteiger partial charge in [0.1, 0.15) is 5.60 Å². The van der Waals surface area contributed by atoms with Gasteiger partial charge in [0.05, 0.1) is 0 Å². The third kappa shape index (κ3) is 6.46. The summed E-state index contributed by atoms with van der Waals surface area (Å²) in [6.07, 6.45) is 6.61. The van der Waals surface area contributed by atoms with E-state index in [0.29, 0.717) is 6.54 Å². The summed E-state index contributed by atoms with van der Waals surface area (Å²) < 4.78 is 5.57. The molecule has 2 heterocycles. The lowest BCUT2D eigenvalue weighted by Gasteiger charge is -2.28. The van der Waals surface area contributed by atoms with Gasteiger partial charge in [0.2, 0.25) is 0 Å². The number of ether oxygens (including phenoxy) is 1. The quantitative estimate of drug-likeness (QED) is 0.772. The molecule has 3 rings (SSSR count). The molecular weight excluding hydrogens is 376 g/mol. The number of carbonyl (C=O) groups excluding carboxylic acids is 1. The van der Waals surface area contributed by atoms with Gasteiger partial charge >= 0.3 is 6.09 Å². The van der Waals surface area contributed by atoms with E-state index in [1.807, 2.05) is 37.8 Å². The summed E-state index contributed by atoms with van der Waals surface area (Å²) in [7, 11) is 2.05. The monoisotopic (exact) mass is 410 g/mol. The molecule has 2 aromatic rings. The smallest absolute Gasteiger partial charge is 0.410 e. The number of hydrogen-bond acceptors (Lipinski definition) is 5. The van der Waals surface area contributed by atoms with Crippen LogP contribution in [0.1, 0.15) is 45.6 Å². The number of nitrogens with zero attached hydrogens (tertiary/aromatic N) is 3. The highest BCUT2D eigenvalue weighted by atomic mass is 16.6. The number of rotatable bonds is 5. The highest BCUT2D eigenvalue weighted by Crippen LogP contribution is 2.23. The zero-order valence-electron chi connectivity index (χ0n) is 18.6. The van der Waals surface area contributed by atoms with E-state index in [9.17, 15) is 4.79 Å². The van der Waals surface area contributed by atoms with Crippen LogP contribution in [0.25, 0.3) is 0 Å². The van der Waals surface area contributed by atoms with E-state index in [1.165, 1.54) is 5.56 Å². The Balaban J connectivity index is 1.54. The fourth-order valence-corrected chi connectivity index (χ4v) is 3.62. The number of nitrogens with one attached hydrogen (secondary N) is 1. The Morgan fingerprint density at radius 2 is 1.80 bits per heavy atom. The molecule has 0 radical (unpaired) electrons. The van der Waals surface area contributed by atoms with Gasteiger partial charge in [0.15, 0.2) is 0 Å². The second-order valence-electron chi connectivity index (χ2n) is 8.93. The third-order valence-electron chi connectivity index (χ3n) is 5.29. The van der Waals surface area contributed by atoms with Gasteiger partial charge in [-0.05, 0) is 63.4 Å². The lowest BCUT2D eigenvalue weighted by atomic mass is 10.1. The molecule has 1 amide bonds. The summed E-state index contributed by atoms with van der Waals surface area (Å²) in [5.74, 6) is 0. The van der Waals surface area contributed by atoms with Crippen LogP contribution in [-0.4, -0.2) is 47.8 Å². The largest absolute Gasteiger partial charge is 0.444 e. The SMILES string of the molecule is CN(c1ccncc1)c1ccc(CN[C@@H]2CCCCN(C(=O)OC(C)(C)C)C2)cc1. The Morgan fingerprint density at radius 1 is 1.13 bits per heavy atom. The third-order valence-corrected chi connectivity index (χ3v) is 5.29. The predicted molar refractivity (Wildman–Crippen MR) is 121 cm³/mol. The molecule has 1 fully saturated rings. The molecule has 0 aliphatic carbocycles. The van der Waals surface area contributed by atoms with Crippen molar-refractivity contribution in [1.29, 1.82) is 0 Å². The molecule has 1 aromatic heterocycles. The first-order chi connectivity index (χ1) is 14.3. The van der Waals surface area contributed by atoms with Crippen molar-refractivity contribution in [2.75, 3.05) is 25.0 Å². The minimum Gasteiger partial charge on any atom is -0.444 e. The van der Waals surface area contributed by atoms with Crippen molar-refractivity contribution in [3.05, 3.63) is 54.4 Å². The average molecular weight is 411 g/mol. The standard InChI is InChI=1S/C24H34N4O2/c1-24(2,3)30-23(29)28-16-6-5-7-20(18-28)26-17-19-8-10-21(11-9-19)27(4)22-12-14-25-15-13-22/h8-15,20,26H,5-7,16-18H2,1-4H3/t20-/m1/s1. The number of likely N-dealkylation sites (tertiary alicyclic amines) is 1. The van der Waals surface area contributed by atoms with Crippen molar-refractivity contribution in [3.8, 4) is 0 Å². The summed E-state index contributed by atoms with van der Waals surface area (Å²) in [5, 5.41) is 3.63. The fourth-order valence-electron chi connectivity index (χ4n) is 3.62. The molecule has 1 aliphatic heterocycles. The second kappa shape index (κ2) is 9.94. The van der Waals surface area contributed by atoms with Gasteiger partial charge in [0.25, 0.3) is 0 Å². The van der Waals surface area contributed by atoms with Gasteiger partial charge in [-0.25, -0.2) is 4.79 Å². The molecule has 1 saturated heterocycles. The number of hydrogen-bond donors (Lipinski definition) is 1. The lowest BCUT2D eigenvalue weighted by molar-refractivity contribution is 0.0243.